The molecule has 0 N–H and O–H groups in total. The summed E-state index contributed by atoms with van der Waals surface area (Å²) in [6.45, 7) is 7.91. The van der Waals surface area contributed by atoms with Crippen LogP contribution in [0.15, 0.2) is 6.07 Å². The summed E-state index contributed by atoms with van der Waals surface area (Å²) >= 11 is 0. The molecule has 2 rings (SSSR count). The minimum Gasteiger partial charge on any atom is -0.490 e. The van der Waals surface area contributed by atoms with Crippen molar-refractivity contribution >= 4 is 0 Å². The summed E-state index contributed by atoms with van der Waals surface area (Å²) in [5, 5.41) is 0. The van der Waals surface area contributed by atoms with Crippen LogP contribution in [0.5, 0.6) is 5.75 Å². The average molecular weight is 222 g/mol. The normalized spacial score (nSPS) is 19.5. The summed E-state index contributed by atoms with van der Waals surface area (Å²) in [6.07, 6.45) is 2.22. The Kier molecular flexibility index (Phi) is 2.92. The first kappa shape index (κ1) is 11.4. The van der Waals surface area contributed by atoms with E-state index in [0.717, 1.165) is 29.7 Å². The van der Waals surface area contributed by atoms with Crippen LogP contribution < -0.4 is 4.74 Å². The van der Waals surface area contributed by atoms with E-state index in [0.29, 0.717) is 0 Å². The molecule has 1 aliphatic heterocycles. The van der Waals surface area contributed by atoms with Crippen molar-refractivity contribution in [3.05, 3.63) is 28.6 Å². The Morgan fingerprint density at radius 2 is 2.12 bits per heavy atom. The van der Waals surface area contributed by atoms with Gasteiger partial charge in [0.1, 0.15) is 11.6 Å². The molecule has 0 fully saturated rings. The SMILES string of the molecule is Cc1cc2c(c(C(C)C)c1F)OC(C)CC2. The lowest BCUT2D eigenvalue weighted by atomic mass is 9.91. The van der Waals surface area contributed by atoms with E-state index in [1.807, 2.05) is 33.8 Å². The molecule has 0 spiro atoms. The molecule has 2 heteroatoms. The zero-order chi connectivity index (χ0) is 11.9. The van der Waals surface area contributed by atoms with Crippen LogP contribution in [0, 0.1) is 12.7 Å². The third-order valence-electron chi connectivity index (χ3n) is 3.23. The standard InChI is InChI=1S/C14H19FO/c1-8(2)12-13(15)9(3)7-11-6-5-10(4)16-14(11)12/h7-8,10H,5-6H2,1-4H3. The van der Waals surface area contributed by atoms with E-state index in [-0.39, 0.29) is 17.8 Å². The number of hydrogen-bond acceptors (Lipinski definition) is 1. The van der Waals surface area contributed by atoms with Gasteiger partial charge in [0.25, 0.3) is 0 Å². The molecule has 0 bridgehead atoms. The Hall–Kier alpha value is -1.05. The minimum atomic E-state index is -0.0946. The second kappa shape index (κ2) is 4.08. The zero-order valence-corrected chi connectivity index (χ0v) is 10.4. The molecule has 0 amide bonds. The molecule has 16 heavy (non-hydrogen) atoms. The Bertz CT molecular complexity index is 410. The summed E-state index contributed by atoms with van der Waals surface area (Å²) in [4.78, 5) is 0. The van der Waals surface area contributed by atoms with E-state index >= 15 is 0 Å². The monoisotopic (exact) mass is 222 g/mol. The number of hydrogen-bond donors (Lipinski definition) is 0. The number of fused-ring (bicyclic) bond motifs is 1. The van der Waals surface area contributed by atoms with Crippen LogP contribution in [-0.4, -0.2) is 6.10 Å². The molecule has 88 valence electrons. The number of ether oxygens (including phenoxy) is 1. The number of rotatable bonds is 1. The third-order valence-corrected chi connectivity index (χ3v) is 3.23. The average Bonchev–Trinajstić information content (AvgIpc) is 2.20. The maximum Gasteiger partial charge on any atom is 0.133 e. The van der Waals surface area contributed by atoms with Crippen LogP contribution in [0.25, 0.3) is 0 Å². The van der Waals surface area contributed by atoms with Crippen molar-refractivity contribution in [1.29, 1.82) is 0 Å². The topological polar surface area (TPSA) is 9.23 Å². The Labute approximate surface area is 96.6 Å². The van der Waals surface area contributed by atoms with E-state index in [2.05, 4.69) is 0 Å². The second-order valence-corrected chi connectivity index (χ2v) is 5.03. The predicted molar refractivity (Wildman–Crippen MR) is 63.6 cm³/mol. The fourth-order valence-corrected chi connectivity index (χ4v) is 2.33. The predicted octanol–water partition coefficient (Wildman–Crippen LogP) is 3.97. The Morgan fingerprint density at radius 3 is 2.75 bits per heavy atom. The van der Waals surface area contributed by atoms with Crippen LogP contribution in [-0.2, 0) is 6.42 Å². The van der Waals surface area contributed by atoms with E-state index in [4.69, 9.17) is 4.74 Å². The molecule has 0 aromatic heterocycles. The fourth-order valence-electron chi connectivity index (χ4n) is 2.33. The minimum absolute atomic E-state index is 0.0946. The molecule has 0 saturated heterocycles. The summed E-state index contributed by atoms with van der Waals surface area (Å²) < 4.78 is 19.9. The van der Waals surface area contributed by atoms with Gasteiger partial charge in [-0.1, -0.05) is 13.8 Å². The highest BCUT2D eigenvalue weighted by Gasteiger charge is 2.24. The van der Waals surface area contributed by atoms with Crippen LogP contribution in [0.2, 0.25) is 0 Å². The highest BCUT2D eigenvalue weighted by molar-refractivity contribution is 5.48. The van der Waals surface area contributed by atoms with Gasteiger partial charge in [0.05, 0.1) is 6.10 Å². The van der Waals surface area contributed by atoms with Crippen molar-refractivity contribution in [2.24, 2.45) is 0 Å². The van der Waals surface area contributed by atoms with Crippen molar-refractivity contribution in [3.8, 4) is 5.75 Å². The highest BCUT2D eigenvalue weighted by atomic mass is 19.1. The van der Waals surface area contributed by atoms with Crippen molar-refractivity contribution < 1.29 is 9.13 Å². The first-order chi connectivity index (χ1) is 7.50. The molecule has 1 atom stereocenters. The molecular weight excluding hydrogens is 203 g/mol. The summed E-state index contributed by atoms with van der Waals surface area (Å²) in [6, 6.07) is 1.93. The molecule has 1 aromatic carbocycles. The Morgan fingerprint density at radius 1 is 1.44 bits per heavy atom. The smallest absolute Gasteiger partial charge is 0.133 e. The van der Waals surface area contributed by atoms with Crippen molar-refractivity contribution in [2.45, 2.75) is 52.6 Å². The molecule has 1 aromatic rings. The van der Waals surface area contributed by atoms with E-state index in [1.165, 1.54) is 5.56 Å². The van der Waals surface area contributed by atoms with Gasteiger partial charge in [-0.15, -0.1) is 0 Å². The molecule has 1 nitrogen and oxygen atoms in total. The van der Waals surface area contributed by atoms with Gasteiger partial charge in [-0.3, -0.25) is 0 Å². The Balaban J connectivity index is 2.60. The summed E-state index contributed by atoms with van der Waals surface area (Å²) in [5.74, 6) is 0.874. The number of aryl methyl sites for hydroxylation is 2. The lowest BCUT2D eigenvalue weighted by molar-refractivity contribution is 0.188. The first-order valence-electron chi connectivity index (χ1n) is 5.99. The first-order valence-corrected chi connectivity index (χ1v) is 5.99. The van der Waals surface area contributed by atoms with Gasteiger partial charge in [0.15, 0.2) is 0 Å². The highest BCUT2D eigenvalue weighted by Crippen LogP contribution is 2.38. The van der Waals surface area contributed by atoms with Crippen molar-refractivity contribution in [3.63, 3.8) is 0 Å². The maximum absolute atomic E-state index is 14.1. The van der Waals surface area contributed by atoms with E-state index in [1.54, 1.807) is 0 Å². The zero-order valence-electron chi connectivity index (χ0n) is 10.4. The van der Waals surface area contributed by atoms with Gasteiger partial charge in [0.2, 0.25) is 0 Å². The molecule has 1 aliphatic rings. The van der Waals surface area contributed by atoms with Gasteiger partial charge in [-0.2, -0.15) is 0 Å². The second-order valence-electron chi connectivity index (χ2n) is 5.03. The lowest BCUT2D eigenvalue weighted by Gasteiger charge is -2.27. The maximum atomic E-state index is 14.1. The molecule has 0 aliphatic carbocycles. The van der Waals surface area contributed by atoms with Crippen molar-refractivity contribution in [2.75, 3.05) is 0 Å². The van der Waals surface area contributed by atoms with Crippen LogP contribution in [0.4, 0.5) is 4.39 Å². The van der Waals surface area contributed by atoms with Crippen LogP contribution >= 0.6 is 0 Å². The molecule has 0 saturated carbocycles. The van der Waals surface area contributed by atoms with Crippen LogP contribution in [0.1, 0.15) is 49.8 Å². The van der Waals surface area contributed by atoms with Gasteiger partial charge < -0.3 is 4.74 Å². The fraction of sp³-hybridized carbons (Fsp3) is 0.571. The van der Waals surface area contributed by atoms with Crippen molar-refractivity contribution in [1.82, 2.24) is 0 Å². The summed E-state index contributed by atoms with van der Waals surface area (Å²) in [5.41, 5.74) is 2.66. The molecule has 1 unspecified atom stereocenters. The van der Waals surface area contributed by atoms with Gasteiger partial charge in [-0.25, -0.2) is 4.39 Å². The van der Waals surface area contributed by atoms with Crippen LogP contribution in [0.3, 0.4) is 0 Å². The van der Waals surface area contributed by atoms with E-state index < -0.39 is 0 Å². The molecule has 0 radical (unpaired) electrons. The quantitative estimate of drug-likeness (QED) is 0.698. The van der Waals surface area contributed by atoms with Gasteiger partial charge in [0, 0.05) is 5.56 Å². The number of halogens is 1. The molecular formula is C14H19FO. The third kappa shape index (κ3) is 1.81. The molecule has 1 heterocycles. The number of benzene rings is 1. The lowest BCUT2D eigenvalue weighted by Crippen LogP contribution is -2.21. The largest absolute Gasteiger partial charge is 0.490 e. The van der Waals surface area contributed by atoms with E-state index in [9.17, 15) is 4.39 Å². The summed E-state index contributed by atoms with van der Waals surface area (Å²) in [7, 11) is 0. The van der Waals surface area contributed by atoms with Gasteiger partial charge >= 0.3 is 0 Å². The van der Waals surface area contributed by atoms with Gasteiger partial charge in [-0.05, 0) is 49.8 Å².